The van der Waals surface area contributed by atoms with Crippen molar-refractivity contribution >= 4 is 29.9 Å². The van der Waals surface area contributed by atoms with E-state index in [1.165, 1.54) is 5.06 Å². The van der Waals surface area contributed by atoms with Gasteiger partial charge >= 0.3 is 12.2 Å². The lowest BCUT2D eigenvalue weighted by molar-refractivity contribution is -0.256. The van der Waals surface area contributed by atoms with Crippen molar-refractivity contribution < 1.29 is 39.0 Å². The van der Waals surface area contributed by atoms with E-state index in [1.807, 2.05) is 85.7 Å². The molecule has 2 fully saturated rings. The van der Waals surface area contributed by atoms with E-state index < -0.39 is 53.2 Å². The van der Waals surface area contributed by atoms with Crippen LogP contribution in [-0.2, 0) is 25.5 Å². The Kier molecular flexibility index (Phi) is 17.0. The molecule has 308 valence electrons. The summed E-state index contributed by atoms with van der Waals surface area (Å²) in [7, 11) is 0. The van der Waals surface area contributed by atoms with E-state index >= 15 is 0 Å². The van der Waals surface area contributed by atoms with Crippen LogP contribution in [0, 0.1) is 11.8 Å². The number of amides is 5. The number of alkyl carbamates (subject to hydrolysis) is 1. The summed E-state index contributed by atoms with van der Waals surface area (Å²) in [6, 6.07) is 7.43. The standard InChI is InChI=1S/C41H66N6O8/c1-9-45(10-2)37(50)33(18-14-22-42-39(53)55-32-26-40(5,6)47(54)41(7,8)27-32)44-35(48)34-19-15-23-46(34)36(49)30(25-29-16-12-11-13-17-29)20-21-31(24-28(3)4)43-38(51)52/h11-13,16-17,20-21,28,30-34,43,54H,9-10,14-15,18-19,22-27H2,1-8H3,(H,42,53)(H,44,48)(H,51,52)/b21-20+/t30-,31-,33+,34+/m1/s1. The summed E-state index contributed by atoms with van der Waals surface area (Å²) in [6.45, 7) is 16.9. The zero-order valence-corrected chi connectivity index (χ0v) is 34.2. The van der Waals surface area contributed by atoms with Crippen LogP contribution in [0.4, 0.5) is 9.59 Å². The average Bonchev–Trinajstić information content (AvgIpc) is 3.60. The van der Waals surface area contributed by atoms with Gasteiger partial charge in [0.25, 0.3) is 0 Å². The highest BCUT2D eigenvalue weighted by Gasteiger charge is 2.46. The Morgan fingerprint density at radius 2 is 1.62 bits per heavy atom. The first-order valence-corrected chi connectivity index (χ1v) is 19.9. The van der Waals surface area contributed by atoms with E-state index in [2.05, 4.69) is 16.0 Å². The fraction of sp³-hybridized carbons (Fsp3) is 0.683. The Hall–Kier alpha value is -4.17. The van der Waals surface area contributed by atoms with Crippen molar-refractivity contribution in [3.05, 3.63) is 48.0 Å². The van der Waals surface area contributed by atoms with E-state index in [0.717, 1.165) is 5.56 Å². The average molecular weight is 771 g/mol. The van der Waals surface area contributed by atoms with Crippen LogP contribution in [0.15, 0.2) is 42.5 Å². The molecule has 0 aromatic heterocycles. The van der Waals surface area contributed by atoms with Crippen molar-refractivity contribution in [3.63, 3.8) is 0 Å². The van der Waals surface area contributed by atoms with Gasteiger partial charge in [0.1, 0.15) is 18.2 Å². The van der Waals surface area contributed by atoms with Gasteiger partial charge in [-0.1, -0.05) is 56.3 Å². The van der Waals surface area contributed by atoms with Gasteiger partial charge in [-0.05, 0) is 91.5 Å². The second-order valence-electron chi connectivity index (χ2n) is 16.6. The van der Waals surface area contributed by atoms with Crippen molar-refractivity contribution in [2.75, 3.05) is 26.2 Å². The molecule has 5 amide bonds. The summed E-state index contributed by atoms with van der Waals surface area (Å²) < 4.78 is 5.72. The highest BCUT2D eigenvalue weighted by atomic mass is 16.6. The lowest BCUT2D eigenvalue weighted by atomic mass is 9.80. The molecule has 14 heteroatoms. The summed E-state index contributed by atoms with van der Waals surface area (Å²) in [4.78, 5) is 69.4. The maximum Gasteiger partial charge on any atom is 0.407 e. The van der Waals surface area contributed by atoms with Gasteiger partial charge in [0.15, 0.2) is 0 Å². The number of nitrogens with zero attached hydrogens (tertiary/aromatic N) is 3. The van der Waals surface area contributed by atoms with E-state index in [0.29, 0.717) is 64.6 Å². The Morgan fingerprint density at radius 1 is 0.982 bits per heavy atom. The highest BCUT2D eigenvalue weighted by Crippen LogP contribution is 2.38. The number of nitrogens with one attached hydrogen (secondary N) is 3. The third kappa shape index (κ3) is 13.5. The Bertz CT molecular complexity index is 1450. The molecule has 2 aliphatic rings. The van der Waals surface area contributed by atoms with Crippen LogP contribution < -0.4 is 16.0 Å². The Labute approximate surface area is 327 Å². The monoisotopic (exact) mass is 770 g/mol. The van der Waals surface area contributed by atoms with Crippen LogP contribution in [0.5, 0.6) is 0 Å². The molecule has 1 aromatic carbocycles. The van der Waals surface area contributed by atoms with Gasteiger partial charge in [-0.2, -0.15) is 5.06 Å². The molecule has 55 heavy (non-hydrogen) atoms. The molecule has 0 aliphatic carbocycles. The lowest BCUT2D eigenvalue weighted by Gasteiger charge is -2.50. The molecule has 4 atom stereocenters. The normalized spacial score (nSPS) is 20.1. The zero-order chi connectivity index (χ0) is 40.9. The molecule has 0 radical (unpaired) electrons. The van der Waals surface area contributed by atoms with Crippen molar-refractivity contribution in [2.45, 2.75) is 142 Å². The zero-order valence-electron chi connectivity index (χ0n) is 34.2. The third-order valence-electron chi connectivity index (χ3n) is 10.6. The lowest BCUT2D eigenvalue weighted by Crippen LogP contribution is -2.61. The van der Waals surface area contributed by atoms with E-state index in [9.17, 15) is 34.3 Å². The van der Waals surface area contributed by atoms with Crippen LogP contribution in [0.3, 0.4) is 0 Å². The van der Waals surface area contributed by atoms with Crippen LogP contribution >= 0.6 is 0 Å². The van der Waals surface area contributed by atoms with Gasteiger partial charge in [-0.15, -0.1) is 0 Å². The first-order chi connectivity index (χ1) is 25.9. The number of hydroxylamine groups is 2. The summed E-state index contributed by atoms with van der Waals surface area (Å²) >= 11 is 0. The largest absolute Gasteiger partial charge is 0.465 e. The minimum Gasteiger partial charge on any atom is -0.465 e. The van der Waals surface area contributed by atoms with Crippen molar-refractivity contribution in [2.24, 2.45) is 11.8 Å². The minimum atomic E-state index is -1.14. The summed E-state index contributed by atoms with van der Waals surface area (Å²) in [5.74, 6) is -1.31. The minimum absolute atomic E-state index is 0.212. The van der Waals surface area contributed by atoms with Crippen LogP contribution in [-0.4, -0.2) is 117 Å². The molecular formula is C41H66N6O8. The molecule has 1 aromatic rings. The van der Waals surface area contributed by atoms with Gasteiger partial charge in [-0.3, -0.25) is 14.4 Å². The number of hydrogen-bond donors (Lipinski definition) is 5. The fourth-order valence-electron chi connectivity index (χ4n) is 7.97. The van der Waals surface area contributed by atoms with E-state index in [1.54, 1.807) is 22.0 Å². The van der Waals surface area contributed by atoms with Crippen LogP contribution in [0.2, 0.25) is 0 Å². The SMILES string of the molecule is CCN(CC)C(=O)[C@H](CCCNC(=O)OC1CC(C)(C)N(O)C(C)(C)C1)NC(=O)[C@@H]1CCCN1C(=O)[C@H](/C=C/[C@H](CC(C)C)NC(=O)O)Cc1ccccc1. The molecule has 5 N–H and O–H groups in total. The molecule has 3 rings (SSSR count). The van der Waals surface area contributed by atoms with Crippen molar-refractivity contribution in [1.82, 2.24) is 30.8 Å². The smallest absolute Gasteiger partial charge is 0.407 e. The number of benzene rings is 1. The number of carboxylic acid groups (broad SMARTS) is 1. The topological polar surface area (TPSA) is 181 Å². The molecule has 0 bridgehead atoms. The van der Waals surface area contributed by atoms with Gasteiger partial charge in [0.05, 0.1) is 12.0 Å². The number of carbonyl (C=O) groups excluding carboxylic acids is 4. The molecule has 14 nitrogen and oxygen atoms in total. The third-order valence-corrected chi connectivity index (χ3v) is 10.6. The maximum atomic E-state index is 14.3. The highest BCUT2D eigenvalue weighted by molar-refractivity contribution is 5.93. The van der Waals surface area contributed by atoms with Gasteiger partial charge in [0.2, 0.25) is 17.7 Å². The molecule has 2 heterocycles. The molecule has 0 spiro atoms. The number of carbonyl (C=O) groups is 5. The summed E-state index contributed by atoms with van der Waals surface area (Å²) in [5, 5.41) is 29.6. The van der Waals surface area contributed by atoms with Crippen LogP contribution in [0.25, 0.3) is 0 Å². The number of ether oxygens (including phenoxy) is 1. The fourth-order valence-corrected chi connectivity index (χ4v) is 7.97. The molecule has 0 saturated carbocycles. The van der Waals surface area contributed by atoms with Crippen LogP contribution in [0.1, 0.15) is 106 Å². The second-order valence-corrected chi connectivity index (χ2v) is 16.6. The predicted octanol–water partition coefficient (Wildman–Crippen LogP) is 5.35. The van der Waals surface area contributed by atoms with Gasteiger partial charge in [-0.25, -0.2) is 9.59 Å². The van der Waals surface area contributed by atoms with Crippen molar-refractivity contribution in [3.8, 4) is 0 Å². The summed E-state index contributed by atoms with van der Waals surface area (Å²) in [6.07, 6.45) is 4.98. The number of likely N-dealkylation sites (tertiary alicyclic amines) is 1. The summed E-state index contributed by atoms with van der Waals surface area (Å²) in [5.41, 5.74) is -0.210. The van der Waals surface area contributed by atoms with Gasteiger partial charge in [0, 0.05) is 50.1 Å². The second kappa shape index (κ2) is 20.7. The maximum absolute atomic E-state index is 14.3. The number of piperidine rings is 1. The predicted molar refractivity (Wildman–Crippen MR) is 210 cm³/mol. The molecule has 0 unspecified atom stereocenters. The molecular weight excluding hydrogens is 704 g/mol. The first kappa shape index (κ1) is 45.2. The van der Waals surface area contributed by atoms with Crippen molar-refractivity contribution in [1.29, 1.82) is 0 Å². The Morgan fingerprint density at radius 3 is 2.20 bits per heavy atom. The quantitative estimate of drug-likeness (QED) is 0.0972. The number of hydrogen-bond acceptors (Lipinski definition) is 8. The van der Waals surface area contributed by atoms with E-state index in [4.69, 9.17) is 4.74 Å². The van der Waals surface area contributed by atoms with Gasteiger partial charge < -0.3 is 40.8 Å². The molecule has 2 aliphatic heterocycles. The number of rotatable bonds is 18. The Balaban J connectivity index is 1.71. The molecule has 2 saturated heterocycles. The first-order valence-electron chi connectivity index (χ1n) is 19.9. The van der Waals surface area contributed by atoms with E-state index in [-0.39, 0.29) is 36.8 Å². The number of likely N-dealkylation sites (N-methyl/N-ethyl adjacent to an activating group) is 1.